The lowest BCUT2D eigenvalue weighted by Gasteiger charge is -2.08. The van der Waals surface area contributed by atoms with Gasteiger partial charge in [-0.25, -0.2) is 0 Å². The first-order valence-corrected chi connectivity index (χ1v) is 6.54. The number of aromatic nitrogens is 2. The van der Waals surface area contributed by atoms with E-state index in [0.717, 1.165) is 24.7 Å². The first kappa shape index (κ1) is 11.6. The number of aryl methyl sites for hydroxylation is 1. The Morgan fingerprint density at radius 2 is 2.25 bits per heavy atom. The standard InChI is InChI=1S/C13H23N3/c1-16-10-8-13(15-16)11-14-9-4-7-12-5-2-3-6-12/h8,10,12,14H,2-7,9,11H2,1H3. The van der Waals surface area contributed by atoms with Crippen molar-refractivity contribution < 1.29 is 0 Å². The van der Waals surface area contributed by atoms with Gasteiger partial charge in [0, 0.05) is 19.8 Å². The summed E-state index contributed by atoms with van der Waals surface area (Å²) in [6.45, 7) is 2.04. The maximum Gasteiger partial charge on any atom is 0.0762 e. The number of nitrogens with one attached hydrogen (secondary N) is 1. The molecule has 1 aliphatic carbocycles. The van der Waals surface area contributed by atoms with E-state index >= 15 is 0 Å². The normalized spacial score (nSPS) is 17.1. The molecule has 1 saturated carbocycles. The van der Waals surface area contributed by atoms with E-state index in [4.69, 9.17) is 0 Å². The Balaban J connectivity index is 1.51. The third-order valence-corrected chi connectivity index (χ3v) is 3.52. The minimum atomic E-state index is 0.908. The van der Waals surface area contributed by atoms with Crippen molar-refractivity contribution in [2.45, 2.75) is 45.1 Å². The molecular formula is C13H23N3. The first-order chi connectivity index (χ1) is 7.84. The van der Waals surface area contributed by atoms with Gasteiger partial charge in [0.1, 0.15) is 0 Å². The van der Waals surface area contributed by atoms with Crippen molar-refractivity contribution in [2.24, 2.45) is 13.0 Å². The van der Waals surface area contributed by atoms with Gasteiger partial charge < -0.3 is 5.32 Å². The highest BCUT2D eigenvalue weighted by atomic mass is 15.3. The summed E-state index contributed by atoms with van der Waals surface area (Å²) in [4.78, 5) is 0. The molecule has 1 aromatic rings. The fourth-order valence-corrected chi connectivity index (χ4v) is 2.59. The Labute approximate surface area is 98.2 Å². The molecule has 1 N–H and O–H groups in total. The molecule has 1 fully saturated rings. The molecule has 0 atom stereocenters. The van der Waals surface area contributed by atoms with Gasteiger partial charge in [0.05, 0.1) is 5.69 Å². The molecule has 1 aliphatic rings. The van der Waals surface area contributed by atoms with E-state index in [1.807, 2.05) is 17.9 Å². The van der Waals surface area contributed by atoms with Crippen LogP contribution in [0, 0.1) is 5.92 Å². The van der Waals surface area contributed by atoms with Gasteiger partial charge in [0.15, 0.2) is 0 Å². The molecule has 90 valence electrons. The highest BCUT2D eigenvalue weighted by Gasteiger charge is 2.13. The average Bonchev–Trinajstić information content (AvgIpc) is 2.89. The van der Waals surface area contributed by atoms with Crippen LogP contribution in [0.2, 0.25) is 0 Å². The molecule has 1 heterocycles. The van der Waals surface area contributed by atoms with Crippen molar-refractivity contribution >= 4 is 0 Å². The van der Waals surface area contributed by atoms with E-state index < -0.39 is 0 Å². The van der Waals surface area contributed by atoms with Gasteiger partial charge >= 0.3 is 0 Å². The van der Waals surface area contributed by atoms with Crippen molar-refractivity contribution in [1.29, 1.82) is 0 Å². The van der Waals surface area contributed by atoms with Crippen LogP contribution in [-0.2, 0) is 13.6 Å². The second-order valence-electron chi connectivity index (χ2n) is 4.95. The topological polar surface area (TPSA) is 29.9 Å². The van der Waals surface area contributed by atoms with Crippen LogP contribution in [0.1, 0.15) is 44.2 Å². The van der Waals surface area contributed by atoms with Crippen LogP contribution in [0.4, 0.5) is 0 Å². The van der Waals surface area contributed by atoms with Crippen LogP contribution in [0.5, 0.6) is 0 Å². The zero-order chi connectivity index (χ0) is 11.2. The molecule has 16 heavy (non-hydrogen) atoms. The van der Waals surface area contributed by atoms with Crippen LogP contribution >= 0.6 is 0 Å². The molecule has 0 radical (unpaired) electrons. The van der Waals surface area contributed by atoms with E-state index in [0.29, 0.717) is 0 Å². The van der Waals surface area contributed by atoms with Gasteiger partial charge in [-0.15, -0.1) is 0 Å². The van der Waals surface area contributed by atoms with Gasteiger partial charge in [-0.2, -0.15) is 5.10 Å². The smallest absolute Gasteiger partial charge is 0.0762 e. The van der Waals surface area contributed by atoms with Crippen molar-refractivity contribution in [3.63, 3.8) is 0 Å². The van der Waals surface area contributed by atoms with Gasteiger partial charge in [0.25, 0.3) is 0 Å². The minimum Gasteiger partial charge on any atom is -0.311 e. The van der Waals surface area contributed by atoms with Crippen LogP contribution < -0.4 is 5.32 Å². The number of nitrogens with zero attached hydrogens (tertiary/aromatic N) is 2. The minimum absolute atomic E-state index is 0.908. The van der Waals surface area contributed by atoms with Crippen molar-refractivity contribution in [3.8, 4) is 0 Å². The molecule has 0 aliphatic heterocycles. The molecule has 3 nitrogen and oxygen atoms in total. The highest BCUT2D eigenvalue weighted by Crippen LogP contribution is 2.28. The fraction of sp³-hybridized carbons (Fsp3) is 0.769. The zero-order valence-electron chi connectivity index (χ0n) is 10.3. The van der Waals surface area contributed by atoms with Gasteiger partial charge in [-0.1, -0.05) is 25.7 Å². The van der Waals surface area contributed by atoms with Crippen molar-refractivity contribution in [3.05, 3.63) is 18.0 Å². The quantitative estimate of drug-likeness (QED) is 0.748. The zero-order valence-corrected chi connectivity index (χ0v) is 10.3. The van der Waals surface area contributed by atoms with Crippen LogP contribution in [0.25, 0.3) is 0 Å². The predicted octanol–water partition coefficient (Wildman–Crippen LogP) is 2.48. The number of hydrogen-bond acceptors (Lipinski definition) is 2. The third kappa shape index (κ3) is 3.63. The second kappa shape index (κ2) is 6.04. The molecule has 2 rings (SSSR count). The van der Waals surface area contributed by atoms with E-state index in [2.05, 4.69) is 16.5 Å². The van der Waals surface area contributed by atoms with Gasteiger partial charge in [0.2, 0.25) is 0 Å². The van der Waals surface area contributed by atoms with Crippen LogP contribution in [-0.4, -0.2) is 16.3 Å². The molecule has 0 bridgehead atoms. The van der Waals surface area contributed by atoms with E-state index in [-0.39, 0.29) is 0 Å². The lowest BCUT2D eigenvalue weighted by molar-refractivity contribution is 0.469. The van der Waals surface area contributed by atoms with Crippen molar-refractivity contribution in [2.75, 3.05) is 6.54 Å². The number of hydrogen-bond donors (Lipinski definition) is 1. The Morgan fingerprint density at radius 3 is 2.94 bits per heavy atom. The molecule has 3 heteroatoms. The SMILES string of the molecule is Cn1ccc(CNCCCC2CCCC2)n1. The summed E-state index contributed by atoms with van der Waals surface area (Å²) in [6, 6.07) is 2.07. The Hall–Kier alpha value is -0.830. The number of rotatable bonds is 6. The van der Waals surface area contributed by atoms with Crippen LogP contribution in [0.3, 0.4) is 0 Å². The Kier molecular flexibility index (Phi) is 4.40. The lowest BCUT2D eigenvalue weighted by Crippen LogP contribution is -2.16. The summed E-state index contributed by atoms with van der Waals surface area (Å²) in [5.74, 6) is 1.02. The van der Waals surface area contributed by atoms with Gasteiger partial charge in [-0.3, -0.25) is 4.68 Å². The summed E-state index contributed by atoms with van der Waals surface area (Å²) >= 11 is 0. The van der Waals surface area contributed by atoms with Crippen molar-refractivity contribution in [1.82, 2.24) is 15.1 Å². The molecule has 0 aromatic carbocycles. The average molecular weight is 221 g/mol. The molecule has 0 saturated heterocycles. The summed E-state index contributed by atoms with van der Waals surface area (Å²) in [5.41, 5.74) is 1.14. The molecule has 0 spiro atoms. The highest BCUT2D eigenvalue weighted by molar-refractivity contribution is 4.97. The molecule has 1 aromatic heterocycles. The van der Waals surface area contributed by atoms with Crippen LogP contribution in [0.15, 0.2) is 12.3 Å². The third-order valence-electron chi connectivity index (χ3n) is 3.52. The fourth-order valence-electron chi connectivity index (χ4n) is 2.59. The molecule has 0 amide bonds. The van der Waals surface area contributed by atoms with Gasteiger partial charge in [-0.05, 0) is 31.4 Å². The Morgan fingerprint density at radius 1 is 1.44 bits per heavy atom. The predicted molar refractivity (Wildman–Crippen MR) is 66.1 cm³/mol. The summed E-state index contributed by atoms with van der Waals surface area (Å²) in [5, 5.41) is 7.80. The van der Waals surface area contributed by atoms with E-state index in [1.165, 1.54) is 38.5 Å². The second-order valence-corrected chi connectivity index (χ2v) is 4.95. The largest absolute Gasteiger partial charge is 0.311 e. The summed E-state index contributed by atoms with van der Waals surface area (Å²) in [6.07, 6.45) is 10.6. The van der Waals surface area contributed by atoms with E-state index in [9.17, 15) is 0 Å². The summed E-state index contributed by atoms with van der Waals surface area (Å²) < 4.78 is 1.86. The first-order valence-electron chi connectivity index (χ1n) is 6.54. The Bertz CT molecular complexity index is 300. The molecular weight excluding hydrogens is 198 g/mol. The lowest BCUT2D eigenvalue weighted by atomic mass is 10.0. The maximum absolute atomic E-state index is 4.34. The van der Waals surface area contributed by atoms with E-state index in [1.54, 1.807) is 0 Å². The monoisotopic (exact) mass is 221 g/mol. The maximum atomic E-state index is 4.34. The molecule has 0 unspecified atom stereocenters. The summed E-state index contributed by atoms with van der Waals surface area (Å²) in [7, 11) is 1.96.